The maximum absolute atomic E-state index is 13.0. The minimum atomic E-state index is -0.597. The van der Waals surface area contributed by atoms with Crippen LogP contribution < -0.4 is 10.5 Å². The zero-order chi connectivity index (χ0) is 18.0. The molecule has 6 heteroatoms. The predicted molar refractivity (Wildman–Crippen MR) is 91.4 cm³/mol. The number of benzene rings is 1. The Bertz CT molecular complexity index is 773. The van der Waals surface area contributed by atoms with Gasteiger partial charge in [0.25, 0.3) is 5.91 Å². The monoisotopic (exact) mass is 344 g/mol. The second-order valence-corrected chi connectivity index (χ2v) is 8.28. The summed E-state index contributed by atoms with van der Waals surface area (Å²) in [4.78, 5) is 26.7. The molecule has 2 fully saturated rings. The summed E-state index contributed by atoms with van der Waals surface area (Å²) < 4.78 is 5.82. The molecule has 0 unspecified atom stereocenters. The third-order valence-electron chi connectivity index (χ3n) is 6.09. The van der Waals surface area contributed by atoms with Gasteiger partial charge in [-0.25, -0.2) is 0 Å². The van der Waals surface area contributed by atoms with Crippen LogP contribution in [0.25, 0.3) is 0 Å². The first-order valence-electron chi connectivity index (χ1n) is 8.86. The molecule has 25 heavy (non-hydrogen) atoms. The smallest absolute Gasteiger partial charge is 0.257 e. The highest BCUT2D eigenvalue weighted by Gasteiger charge is 2.54. The molecule has 1 saturated carbocycles. The Morgan fingerprint density at radius 2 is 2.12 bits per heavy atom. The van der Waals surface area contributed by atoms with Gasteiger partial charge in [0.1, 0.15) is 5.60 Å². The van der Waals surface area contributed by atoms with Gasteiger partial charge in [-0.1, -0.05) is 12.5 Å². The molecule has 4 rings (SSSR count). The first kappa shape index (κ1) is 16.2. The Hall–Kier alpha value is -2.24. The van der Waals surface area contributed by atoms with Gasteiger partial charge < -0.3 is 20.5 Å². The van der Waals surface area contributed by atoms with Crippen LogP contribution in [0.4, 0.5) is 0 Å². The molecule has 1 aliphatic carbocycles. The van der Waals surface area contributed by atoms with Crippen molar-refractivity contribution >= 4 is 11.8 Å². The van der Waals surface area contributed by atoms with E-state index in [0.29, 0.717) is 25.3 Å². The topological polar surface area (TPSA) is 92.9 Å². The number of amides is 2. The number of nitrogens with two attached hydrogens (primary N) is 1. The molecule has 134 valence electrons. The Kier molecular flexibility index (Phi) is 3.33. The van der Waals surface area contributed by atoms with Crippen molar-refractivity contribution in [3.63, 3.8) is 0 Å². The van der Waals surface area contributed by atoms with Gasteiger partial charge >= 0.3 is 0 Å². The number of aromatic hydroxyl groups is 1. The summed E-state index contributed by atoms with van der Waals surface area (Å²) in [5.41, 5.74) is 5.82. The molecule has 2 heterocycles. The van der Waals surface area contributed by atoms with E-state index in [2.05, 4.69) is 0 Å². The fourth-order valence-corrected chi connectivity index (χ4v) is 4.83. The average Bonchev–Trinajstić information content (AvgIpc) is 3.16. The lowest BCUT2D eigenvalue weighted by molar-refractivity contribution is -0.128. The van der Waals surface area contributed by atoms with Crippen molar-refractivity contribution in [1.82, 2.24) is 4.90 Å². The van der Waals surface area contributed by atoms with E-state index in [1.807, 2.05) is 19.9 Å². The standard InChI is InChI=1S/C19H24N2O4/c1-18(2)8-11-5-6-13(14(22)15(11)25-18)16(23)21-9-12-4-3-7-19(12,10-21)17(20)24/h5-6,12,22H,3-4,7-10H2,1-2H3,(H2,20,24)/t12-,19-/m0/s1. The zero-order valence-electron chi connectivity index (χ0n) is 14.7. The number of primary amides is 1. The highest BCUT2D eigenvalue weighted by Crippen LogP contribution is 2.49. The molecule has 3 aliphatic rings. The fraction of sp³-hybridized carbons (Fsp3) is 0.579. The molecule has 6 nitrogen and oxygen atoms in total. The number of phenolic OH excluding ortho intramolecular Hbond substituents is 1. The van der Waals surface area contributed by atoms with E-state index in [4.69, 9.17) is 10.5 Å². The molecule has 0 spiro atoms. The van der Waals surface area contributed by atoms with Crippen LogP contribution in [0.1, 0.15) is 49.0 Å². The first-order chi connectivity index (χ1) is 11.7. The van der Waals surface area contributed by atoms with Crippen molar-refractivity contribution in [2.45, 2.75) is 45.1 Å². The number of carbonyl (C=O) groups excluding carboxylic acids is 2. The molecule has 1 aromatic carbocycles. The molecule has 3 N–H and O–H groups in total. The molecule has 2 aliphatic heterocycles. The van der Waals surface area contributed by atoms with E-state index in [9.17, 15) is 14.7 Å². The highest BCUT2D eigenvalue weighted by atomic mass is 16.5. The molecule has 0 radical (unpaired) electrons. The third kappa shape index (κ3) is 2.30. The third-order valence-corrected chi connectivity index (χ3v) is 6.09. The first-order valence-corrected chi connectivity index (χ1v) is 8.86. The van der Waals surface area contributed by atoms with Crippen LogP contribution in [0.3, 0.4) is 0 Å². The molecule has 0 aromatic heterocycles. The normalized spacial score (nSPS) is 29.2. The molecule has 2 atom stereocenters. The maximum Gasteiger partial charge on any atom is 0.257 e. The lowest BCUT2D eigenvalue weighted by atomic mass is 9.80. The number of carbonyl (C=O) groups is 2. The average molecular weight is 344 g/mol. The summed E-state index contributed by atoms with van der Waals surface area (Å²) in [5.74, 6) is -0.143. The SMILES string of the molecule is CC1(C)Cc2ccc(C(=O)N3C[C@@H]4CCC[C@]4(C(N)=O)C3)c(O)c2O1. The van der Waals surface area contributed by atoms with Crippen molar-refractivity contribution in [3.05, 3.63) is 23.3 Å². The fourth-order valence-electron chi connectivity index (χ4n) is 4.83. The molecular formula is C19H24N2O4. The Labute approximate surface area is 146 Å². The second-order valence-electron chi connectivity index (χ2n) is 8.28. The largest absolute Gasteiger partial charge is 0.504 e. The quantitative estimate of drug-likeness (QED) is 0.856. The number of likely N-dealkylation sites (tertiary alicyclic amines) is 1. The van der Waals surface area contributed by atoms with Crippen molar-refractivity contribution in [1.29, 1.82) is 0 Å². The van der Waals surface area contributed by atoms with E-state index in [1.54, 1.807) is 11.0 Å². The van der Waals surface area contributed by atoms with Crippen molar-refractivity contribution in [3.8, 4) is 11.5 Å². The summed E-state index contributed by atoms with van der Waals surface area (Å²) in [5, 5.41) is 10.6. The van der Waals surface area contributed by atoms with Crippen LogP contribution in [0.2, 0.25) is 0 Å². The lowest BCUT2D eigenvalue weighted by Gasteiger charge is -2.24. The molecule has 2 amide bonds. The van der Waals surface area contributed by atoms with Gasteiger partial charge in [0.05, 0.1) is 11.0 Å². The van der Waals surface area contributed by atoms with Crippen molar-refractivity contribution < 1.29 is 19.4 Å². The van der Waals surface area contributed by atoms with E-state index >= 15 is 0 Å². The summed E-state index contributed by atoms with van der Waals surface area (Å²) in [6.45, 7) is 4.76. The van der Waals surface area contributed by atoms with Gasteiger partial charge in [-0.2, -0.15) is 0 Å². The molecule has 1 aromatic rings. The van der Waals surface area contributed by atoms with Crippen LogP contribution in [0.15, 0.2) is 12.1 Å². The van der Waals surface area contributed by atoms with E-state index in [-0.39, 0.29) is 34.6 Å². The summed E-state index contributed by atoms with van der Waals surface area (Å²) in [7, 11) is 0. The summed E-state index contributed by atoms with van der Waals surface area (Å²) in [6, 6.07) is 3.50. The molecule has 1 saturated heterocycles. The minimum Gasteiger partial charge on any atom is -0.504 e. The predicted octanol–water partition coefficient (Wildman–Crippen LogP) is 1.83. The van der Waals surface area contributed by atoms with E-state index < -0.39 is 5.41 Å². The number of nitrogens with zero attached hydrogens (tertiary/aromatic N) is 1. The van der Waals surface area contributed by atoms with Gasteiger partial charge in [-0.15, -0.1) is 0 Å². The van der Waals surface area contributed by atoms with Crippen molar-refractivity contribution in [2.24, 2.45) is 17.1 Å². The number of hydrogen-bond donors (Lipinski definition) is 2. The van der Waals surface area contributed by atoms with Gasteiger partial charge in [-0.05, 0) is 38.7 Å². The minimum absolute atomic E-state index is 0.0988. The maximum atomic E-state index is 13.0. The van der Waals surface area contributed by atoms with E-state index in [0.717, 1.165) is 24.8 Å². The molecular weight excluding hydrogens is 320 g/mol. The Balaban J connectivity index is 1.63. The Morgan fingerprint density at radius 1 is 1.36 bits per heavy atom. The van der Waals surface area contributed by atoms with Gasteiger partial charge in [0.2, 0.25) is 5.91 Å². The number of hydrogen-bond acceptors (Lipinski definition) is 4. The summed E-state index contributed by atoms with van der Waals surface area (Å²) >= 11 is 0. The van der Waals surface area contributed by atoms with Crippen LogP contribution in [0, 0.1) is 11.3 Å². The van der Waals surface area contributed by atoms with Gasteiger partial charge in [0.15, 0.2) is 11.5 Å². The van der Waals surface area contributed by atoms with Crippen LogP contribution in [-0.4, -0.2) is 40.5 Å². The second kappa shape index (κ2) is 5.13. The van der Waals surface area contributed by atoms with Crippen LogP contribution >= 0.6 is 0 Å². The number of rotatable bonds is 2. The van der Waals surface area contributed by atoms with Gasteiger partial charge in [-0.3, -0.25) is 9.59 Å². The lowest BCUT2D eigenvalue weighted by Crippen LogP contribution is -2.41. The zero-order valence-corrected chi connectivity index (χ0v) is 14.7. The molecule has 0 bridgehead atoms. The highest BCUT2D eigenvalue weighted by molar-refractivity contribution is 5.99. The number of phenols is 1. The van der Waals surface area contributed by atoms with Crippen LogP contribution in [-0.2, 0) is 11.2 Å². The summed E-state index contributed by atoms with van der Waals surface area (Å²) in [6.07, 6.45) is 3.33. The Morgan fingerprint density at radius 3 is 2.80 bits per heavy atom. The van der Waals surface area contributed by atoms with Crippen LogP contribution in [0.5, 0.6) is 11.5 Å². The van der Waals surface area contributed by atoms with Crippen molar-refractivity contribution in [2.75, 3.05) is 13.1 Å². The van der Waals surface area contributed by atoms with E-state index in [1.165, 1.54) is 0 Å². The number of fused-ring (bicyclic) bond motifs is 2. The van der Waals surface area contributed by atoms with Gasteiger partial charge in [0, 0.05) is 25.1 Å². The number of ether oxygens (including phenoxy) is 1.